The van der Waals surface area contributed by atoms with E-state index in [1.54, 1.807) is 0 Å². The van der Waals surface area contributed by atoms with Crippen LogP contribution >= 0.6 is 0 Å². The summed E-state index contributed by atoms with van der Waals surface area (Å²) in [5.74, 6) is 0. The van der Waals surface area contributed by atoms with E-state index in [9.17, 15) is 0 Å². The van der Waals surface area contributed by atoms with E-state index < -0.39 is 0 Å². The summed E-state index contributed by atoms with van der Waals surface area (Å²) < 4.78 is 0. The van der Waals surface area contributed by atoms with E-state index in [1.807, 2.05) is 0 Å². The monoisotopic (exact) mass is 780 g/mol. The first-order valence-corrected chi connectivity index (χ1v) is 21.2. The summed E-state index contributed by atoms with van der Waals surface area (Å²) in [5.41, 5.74) is 16.6. The van der Waals surface area contributed by atoms with E-state index in [1.165, 1.54) is 77.4 Å². The van der Waals surface area contributed by atoms with Gasteiger partial charge in [0.1, 0.15) is 0 Å². The second-order valence-electron chi connectivity index (χ2n) is 16.6. The molecule has 0 aliphatic carbocycles. The average molecular weight is 781 g/mol. The largest absolute Gasteiger partial charge is 0.310 e. The Labute approximate surface area is 358 Å². The first-order chi connectivity index (χ1) is 30.0. The van der Waals surface area contributed by atoms with Gasteiger partial charge < -0.3 is 9.80 Å². The molecule has 2 heteroatoms. The fourth-order valence-electron chi connectivity index (χ4n) is 9.48. The lowest BCUT2D eigenvalue weighted by Gasteiger charge is -2.42. The number of fused-ring (bicyclic) bond motifs is 5. The van der Waals surface area contributed by atoms with E-state index >= 15 is 0 Å². The molecule has 0 bridgehead atoms. The number of para-hydroxylation sites is 1. The molecule has 1 heterocycles. The molecule has 61 heavy (non-hydrogen) atoms. The highest BCUT2D eigenvalue weighted by Crippen LogP contribution is 2.53. The third-order valence-electron chi connectivity index (χ3n) is 12.6. The van der Waals surface area contributed by atoms with E-state index in [4.69, 9.17) is 0 Å². The topological polar surface area (TPSA) is 6.48 Å². The van der Waals surface area contributed by atoms with Gasteiger partial charge >= 0.3 is 0 Å². The number of hydrogen-bond donors (Lipinski definition) is 0. The summed E-state index contributed by atoms with van der Waals surface area (Å²) in [6.45, 7) is 4.73. The van der Waals surface area contributed by atoms with Crippen molar-refractivity contribution in [3.8, 4) is 33.4 Å². The van der Waals surface area contributed by atoms with Gasteiger partial charge in [-0.3, -0.25) is 0 Å². The van der Waals surface area contributed by atoms with Crippen LogP contribution in [0.5, 0.6) is 0 Å². The summed E-state index contributed by atoms with van der Waals surface area (Å²) in [5, 5.41) is 4.95. The van der Waals surface area contributed by atoms with Crippen LogP contribution in [0.3, 0.4) is 0 Å². The van der Waals surface area contributed by atoms with E-state index in [0.717, 1.165) is 22.7 Å². The quantitative estimate of drug-likeness (QED) is 0.149. The standard InChI is InChI=1S/C59H44N2/c1-59(2)53-21-11-12-22-55(53)61(51-37-28-44(29-38-51)42-16-7-4-8-17-42)56-39-32-48(40-54(56)59)45-30-35-50(36-31-45)60(49-33-26-43(27-34-49)41-14-5-3-6-15-41)57-23-13-19-47-25-24-46-18-9-10-20-52(46)58(47)57/h3-40H,1-2H3. The molecule has 2 nitrogen and oxygen atoms in total. The molecule has 0 atom stereocenters. The van der Waals surface area contributed by atoms with Crippen LogP contribution in [-0.4, -0.2) is 0 Å². The van der Waals surface area contributed by atoms with Gasteiger partial charge in [0, 0.05) is 27.9 Å². The van der Waals surface area contributed by atoms with Gasteiger partial charge in [0.15, 0.2) is 0 Å². The van der Waals surface area contributed by atoms with Crippen LogP contribution in [0.1, 0.15) is 25.0 Å². The summed E-state index contributed by atoms with van der Waals surface area (Å²) in [6.07, 6.45) is 0. The van der Waals surface area contributed by atoms with Crippen LogP contribution in [-0.2, 0) is 5.41 Å². The van der Waals surface area contributed by atoms with Crippen molar-refractivity contribution in [3.05, 3.63) is 242 Å². The van der Waals surface area contributed by atoms with Crippen molar-refractivity contribution < 1.29 is 0 Å². The maximum atomic E-state index is 2.44. The molecule has 10 aromatic carbocycles. The molecule has 0 spiro atoms. The van der Waals surface area contributed by atoms with Crippen LogP contribution in [0.4, 0.5) is 34.1 Å². The lowest BCUT2D eigenvalue weighted by molar-refractivity contribution is 0.632. The molecule has 0 amide bonds. The predicted octanol–water partition coefficient (Wildman–Crippen LogP) is 16.6. The second kappa shape index (κ2) is 14.9. The van der Waals surface area contributed by atoms with Crippen molar-refractivity contribution >= 4 is 55.7 Å². The Bertz CT molecular complexity index is 3190. The molecular formula is C59H44N2. The normalized spacial score (nSPS) is 12.9. The number of anilines is 6. The molecular weight excluding hydrogens is 737 g/mol. The van der Waals surface area contributed by atoms with Gasteiger partial charge in [-0.05, 0) is 121 Å². The zero-order valence-corrected chi connectivity index (χ0v) is 34.3. The number of rotatable bonds is 7. The molecule has 290 valence electrons. The maximum Gasteiger partial charge on any atom is 0.0546 e. The lowest BCUT2D eigenvalue weighted by atomic mass is 9.73. The van der Waals surface area contributed by atoms with Crippen molar-refractivity contribution in [2.75, 3.05) is 9.80 Å². The molecule has 1 aliphatic heterocycles. The van der Waals surface area contributed by atoms with Crippen molar-refractivity contribution in [2.24, 2.45) is 0 Å². The van der Waals surface area contributed by atoms with Gasteiger partial charge in [-0.15, -0.1) is 0 Å². The highest BCUT2D eigenvalue weighted by atomic mass is 15.2. The molecule has 1 aliphatic rings. The fraction of sp³-hybridized carbons (Fsp3) is 0.0508. The van der Waals surface area contributed by atoms with Crippen molar-refractivity contribution in [1.29, 1.82) is 0 Å². The zero-order chi connectivity index (χ0) is 40.9. The van der Waals surface area contributed by atoms with E-state index in [-0.39, 0.29) is 5.41 Å². The SMILES string of the molecule is CC1(C)c2ccccc2N(c2ccc(-c3ccccc3)cc2)c2ccc(-c3ccc(N(c4ccc(-c5ccccc5)cc4)c4cccc5ccc6ccccc6c45)cc3)cc21. The van der Waals surface area contributed by atoms with Gasteiger partial charge in [-0.25, -0.2) is 0 Å². The minimum absolute atomic E-state index is 0.206. The zero-order valence-electron chi connectivity index (χ0n) is 34.3. The summed E-state index contributed by atoms with van der Waals surface area (Å²) in [4.78, 5) is 4.85. The lowest BCUT2D eigenvalue weighted by Crippen LogP contribution is -2.30. The molecule has 0 fully saturated rings. The van der Waals surface area contributed by atoms with E-state index in [2.05, 4.69) is 254 Å². The predicted molar refractivity (Wildman–Crippen MR) is 259 cm³/mol. The van der Waals surface area contributed by atoms with Gasteiger partial charge in [-0.2, -0.15) is 0 Å². The smallest absolute Gasteiger partial charge is 0.0546 e. The Kier molecular flexibility index (Phi) is 8.86. The van der Waals surface area contributed by atoms with Gasteiger partial charge in [0.25, 0.3) is 0 Å². The minimum atomic E-state index is -0.206. The summed E-state index contributed by atoms with van der Waals surface area (Å²) in [7, 11) is 0. The van der Waals surface area contributed by atoms with Crippen LogP contribution in [0.2, 0.25) is 0 Å². The Morgan fingerprint density at radius 1 is 0.361 bits per heavy atom. The first-order valence-electron chi connectivity index (χ1n) is 21.2. The maximum absolute atomic E-state index is 2.44. The van der Waals surface area contributed by atoms with Crippen molar-refractivity contribution in [3.63, 3.8) is 0 Å². The van der Waals surface area contributed by atoms with Gasteiger partial charge in [0.2, 0.25) is 0 Å². The third kappa shape index (κ3) is 6.36. The Morgan fingerprint density at radius 3 is 1.52 bits per heavy atom. The molecule has 0 unspecified atom stereocenters. The summed E-state index contributed by atoms with van der Waals surface area (Å²) in [6, 6.07) is 84.1. The van der Waals surface area contributed by atoms with Crippen molar-refractivity contribution in [2.45, 2.75) is 19.3 Å². The van der Waals surface area contributed by atoms with Gasteiger partial charge in [-0.1, -0.05) is 184 Å². The Hall–Kier alpha value is -7.68. The third-order valence-corrected chi connectivity index (χ3v) is 12.6. The number of hydrogen-bond acceptors (Lipinski definition) is 2. The number of nitrogens with zero attached hydrogens (tertiary/aromatic N) is 2. The Balaban J connectivity index is 1.00. The highest BCUT2D eigenvalue weighted by molar-refractivity contribution is 6.15. The number of benzene rings is 10. The molecule has 11 rings (SSSR count). The molecule has 0 radical (unpaired) electrons. The van der Waals surface area contributed by atoms with Gasteiger partial charge in [0.05, 0.1) is 17.1 Å². The molecule has 0 saturated carbocycles. The Morgan fingerprint density at radius 2 is 0.852 bits per heavy atom. The van der Waals surface area contributed by atoms with Crippen LogP contribution in [0.15, 0.2) is 231 Å². The summed E-state index contributed by atoms with van der Waals surface area (Å²) >= 11 is 0. The van der Waals surface area contributed by atoms with E-state index in [0.29, 0.717) is 0 Å². The molecule has 0 saturated heterocycles. The van der Waals surface area contributed by atoms with Crippen LogP contribution in [0.25, 0.3) is 54.9 Å². The van der Waals surface area contributed by atoms with Crippen LogP contribution < -0.4 is 9.80 Å². The second-order valence-corrected chi connectivity index (χ2v) is 16.6. The first kappa shape index (κ1) is 36.4. The van der Waals surface area contributed by atoms with Crippen molar-refractivity contribution in [1.82, 2.24) is 0 Å². The molecule has 0 aromatic heterocycles. The minimum Gasteiger partial charge on any atom is -0.310 e. The molecule has 0 N–H and O–H groups in total. The fourth-order valence-corrected chi connectivity index (χ4v) is 9.48. The van der Waals surface area contributed by atoms with Crippen LogP contribution in [0, 0.1) is 0 Å². The highest BCUT2D eigenvalue weighted by Gasteiger charge is 2.37. The molecule has 10 aromatic rings. The average Bonchev–Trinajstić information content (AvgIpc) is 3.33.